The van der Waals surface area contributed by atoms with Gasteiger partial charge in [-0.15, -0.1) is 11.3 Å². The maximum Gasteiger partial charge on any atom is 0.256 e. The second-order valence-corrected chi connectivity index (χ2v) is 6.64. The third-order valence-electron chi connectivity index (χ3n) is 4.24. The van der Waals surface area contributed by atoms with Crippen LogP contribution in [-0.2, 0) is 12.8 Å². The van der Waals surface area contributed by atoms with Crippen LogP contribution in [0.5, 0.6) is 11.5 Å². The molecule has 0 fully saturated rings. The minimum atomic E-state index is -0.450. The van der Waals surface area contributed by atoms with Crippen molar-refractivity contribution in [1.29, 1.82) is 0 Å². The number of nitrogens with one attached hydrogen (secondary N) is 2. The Labute approximate surface area is 131 Å². The summed E-state index contributed by atoms with van der Waals surface area (Å²) < 4.78 is 5.20. The van der Waals surface area contributed by atoms with Gasteiger partial charge in [0, 0.05) is 10.4 Å². The lowest BCUT2D eigenvalue weighted by molar-refractivity contribution is 0.0935. The molecular weight excluding hydrogens is 300 g/mol. The minimum absolute atomic E-state index is 0.0691. The molecule has 0 saturated heterocycles. The van der Waals surface area contributed by atoms with E-state index in [0.29, 0.717) is 11.3 Å². The summed E-state index contributed by atoms with van der Waals surface area (Å²) in [4.78, 5) is 13.8. The number of phenolic OH excluding ortho intramolecular Hbond substituents is 1. The first kappa shape index (κ1) is 13.5. The monoisotopic (exact) mass is 316 g/mol. The van der Waals surface area contributed by atoms with E-state index in [-0.39, 0.29) is 11.7 Å². The first-order valence-corrected chi connectivity index (χ1v) is 8.08. The third kappa shape index (κ3) is 1.94. The van der Waals surface area contributed by atoms with Crippen molar-refractivity contribution in [2.24, 2.45) is 0 Å². The lowest BCUT2D eigenvalue weighted by Crippen LogP contribution is -2.38. The van der Waals surface area contributed by atoms with E-state index in [1.807, 2.05) is 0 Å². The lowest BCUT2D eigenvalue weighted by Gasteiger charge is -2.27. The average molecular weight is 316 g/mol. The van der Waals surface area contributed by atoms with Crippen LogP contribution in [0, 0.1) is 0 Å². The number of aryl methyl sites for hydroxylation is 1. The van der Waals surface area contributed by atoms with Gasteiger partial charge in [-0.25, -0.2) is 0 Å². The van der Waals surface area contributed by atoms with Gasteiger partial charge in [-0.2, -0.15) is 0 Å². The fraction of sp³-hybridized carbons (Fsp3) is 0.312. The van der Waals surface area contributed by atoms with E-state index < -0.39 is 6.17 Å². The first-order chi connectivity index (χ1) is 10.7. The van der Waals surface area contributed by atoms with Crippen LogP contribution in [0.4, 0.5) is 5.00 Å². The van der Waals surface area contributed by atoms with Crippen LogP contribution in [0.1, 0.15) is 38.9 Å². The van der Waals surface area contributed by atoms with E-state index in [2.05, 4.69) is 10.6 Å². The normalized spacial score (nSPS) is 19.1. The molecule has 22 heavy (non-hydrogen) atoms. The van der Waals surface area contributed by atoms with Crippen LogP contribution in [0.2, 0.25) is 0 Å². The largest absolute Gasteiger partial charge is 0.508 e. The molecule has 2 heterocycles. The van der Waals surface area contributed by atoms with Crippen molar-refractivity contribution in [3.63, 3.8) is 0 Å². The number of anilines is 1. The van der Waals surface area contributed by atoms with Crippen molar-refractivity contribution < 1.29 is 14.6 Å². The fourth-order valence-electron chi connectivity index (χ4n) is 3.16. The zero-order chi connectivity index (χ0) is 15.3. The fourth-order valence-corrected chi connectivity index (χ4v) is 4.48. The van der Waals surface area contributed by atoms with Crippen LogP contribution in [0.25, 0.3) is 0 Å². The van der Waals surface area contributed by atoms with Gasteiger partial charge in [-0.3, -0.25) is 4.79 Å². The number of benzene rings is 1. The van der Waals surface area contributed by atoms with Gasteiger partial charge < -0.3 is 20.5 Å². The maximum absolute atomic E-state index is 12.5. The summed E-state index contributed by atoms with van der Waals surface area (Å²) in [6, 6.07) is 5.00. The number of fused-ring (bicyclic) bond motifs is 3. The zero-order valence-corrected chi connectivity index (χ0v) is 12.9. The van der Waals surface area contributed by atoms with Gasteiger partial charge in [0.25, 0.3) is 5.91 Å². The Hall–Kier alpha value is -2.21. The van der Waals surface area contributed by atoms with Crippen LogP contribution in [0.3, 0.4) is 0 Å². The van der Waals surface area contributed by atoms with Gasteiger partial charge in [0.1, 0.15) is 22.7 Å². The second kappa shape index (κ2) is 4.91. The number of hydrogen-bond donors (Lipinski definition) is 3. The molecule has 2 aromatic rings. The van der Waals surface area contributed by atoms with E-state index in [9.17, 15) is 9.90 Å². The molecule has 2 aliphatic rings. The number of thiophene rings is 1. The highest BCUT2D eigenvalue weighted by molar-refractivity contribution is 7.16. The quantitative estimate of drug-likeness (QED) is 0.797. The van der Waals surface area contributed by atoms with Gasteiger partial charge in [0.15, 0.2) is 0 Å². The summed E-state index contributed by atoms with van der Waals surface area (Å²) in [5.41, 5.74) is 2.58. The predicted molar refractivity (Wildman–Crippen MR) is 84.8 cm³/mol. The highest BCUT2D eigenvalue weighted by atomic mass is 32.1. The number of ether oxygens (including phenoxy) is 1. The van der Waals surface area contributed by atoms with Crippen LogP contribution < -0.4 is 15.4 Å². The van der Waals surface area contributed by atoms with E-state index in [0.717, 1.165) is 29.8 Å². The molecule has 0 saturated carbocycles. The van der Waals surface area contributed by atoms with Crippen LogP contribution >= 0.6 is 11.3 Å². The van der Waals surface area contributed by atoms with Crippen molar-refractivity contribution in [2.75, 3.05) is 12.4 Å². The summed E-state index contributed by atoms with van der Waals surface area (Å²) in [7, 11) is 1.57. The van der Waals surface area contributed by atoms with Crippen molar-refractivity contribution in [3.8, 4) is 11.5 Å². The summed E-state index contributed by atoms with van der Waals surface area (Å²) >= 11 is 1.66. The molecular formula is C16H16N2O3S. The molecule has 1 aromatic carbocycles. The Morgan fingerprint density at radius 2 is 2.18 bits per heavy atom. The predicted octanol–water partition coefficient (Wildman–Crippen LogP) is 2.81. The number of carbonyl (C=O) groups excluding carboxylic acids is 1. The standard InChI is InChI=1S/C16H16N2O3S/c1-21-8-5-6-11(19)10(7-8)14-17-15(20)13-9-3-2-4-12(9)22-16(13)18-14/h5-7,14,18-19H,2-4H2,1H3,(H,17,20). The minimum Gasteiger partial charge on any atom is -0.508 e. The maximum atomic E-state index is 12.5. The Bertz CT molecular complexity index is 769. The number of rotatable bonds is 2. The average Bonchev–Trinajstić information content (AvgIpc) is 3.07. The molecule has 4 rings (SSSR count). The highest BCUT2D eigenvalue weighted by Gasteiger charge is 2.33. The molecule has 6 heteroatoms. The molecule has 1 aromatic heterocycles. The number of carbonyl (C=O) groups is 1. The molecule has 114 valence electrons. The molecule has 0 radical (unpaired) electrons. The van der Waals surface area contributed by atoms with Gasteiger partial charge in [0.05, 0.1) is 12.7 Å². The molecule has 3 N–H and O–H groups in total. The van der Waals surface area contributed by atoms with Crippen molar-refractivity contribution in [2.45, 2.75) is 25.4 Å². The Kier molecular flexibility index (Phi) is 3.00. The number of phenols is 1. The van der Waals surface area contributed by atoms with Crippen LogP contribution in [-0.4, -0.2) is 18.1 Å². The van der Waals surface area contributed by atoms with Crippen molar-refractivity contribution in [1.82, 2.24) is 5.32 Å². The number of hydrogen-bond acceptors (Lipinski definition) is 5. The van der Waals surface area contributed by atoms with Crippen LogP contribution in [0.15, 0.2) is 18.2 Å². The summed E-state index contributed by atoms with van der Waals surface area (Å²) in [6.07, 6.45) is 2.71. The SMILES string of the molecule is COc1ccc(O)c(C2NC(=O)c3c(sc4c3CCC4)N2)c1. The van der Waals surface area contributed by atoms with Gasteiger partial charge in [-0.1, -0.05) is 0 Å². The summed E-state index contributed by atoms with van der Waals surface area (Å²) in [5.74, 6) is 0.704. The van der Waals surface area contributed by atoms with Gasteiger partial charge in [0.2, 0.25) is 0 Å². The van der Waals surface area contributed by atoms with E-state index >= 15 is 0 Å². The molecule has 1 atom stereocenters. The van der Waals surface area contributed by atoms with Gasteiger partial charge in [-0.05, 0) is 43.0 Å². The Morgan fingerprint density at radius 1 is 1.32 bits per heavy atom. The smallest absolute Gasteiger partial charge is 0.256 e. The van der Waals surface area contributed by atoms with E-state index in [1.165, 1.54) is 10.4 Å². The molecule has 1 unspecified atom stereocenters. The van der Waals surface area contributed by atoms with E-state index in [4.69, 9.17) is 4.74 Å². The topological polar surface area (TPSA) is 70.6 Å². The molecule has 1 amide bonds. The first-order valence-electron chi connectivity index (χ1n) is 7.26. The number of aromatic hydroxyl groups is 1. The second-order valence-electron chi connectivity index (χ2n) is 5.54. The summed E-state index contributed by atoms with van der Waals surface area (Å²) in [5, 5.41) is 17.3. The third-order valence-corrected chi connectivity index (χ3v) is 5.47. The Morgan fingerprint density at radius 3 is 3.00 bits per heavy atom. The molecule has 5 nitrogen and oxygen atoms in total. The van der Waals surface area contributed by atoms with Crippen molar-refractivity contribution in [3.05, 3.63) is 39.8 Å². The van der Waals surface area contributed by atoms with Crippen molar-refractivity contribution >= 4 is 22.2 Å². The summed E-state index contributed by atoms with van der Waals surface area (Å²) in [6.45, 7) is 0. The lowest BCUT2D eigenvalue weighted by atomic mass is 10.1. The molecule has 0 bridgehead atoms. The molecule has 1 aliphatic carbocycles. The number of methoxy groups -OCH3 is 1. The Balaban J connectivity index is 1.73. The zero-order valence-electron chi connectivity index (χ0n) is 12.1. The van der Waals surface area contributed by atoms with Gasteiger partial charge >= 0.3 is 0 Å². The highest BCUT2D eigenvalue weighted by Crippen LogP contribution is 2.43. The molecule has 0 spiro atoms. The number of amides is 1. The molecule has 1 aliphatic heterocycles. The van der Waals surface area contributed by atoms with E-state index in [1.54, 1.807) is 36.6 Å².